The van der Waals surface area contributed by atoms with Gasteiger partial charge in [0.2, 0.25) is 0 Å². The Morgan fingerprint density at radius 2 is 1.63 bits per heavy atom. The lowest BCUT2D eigenvalue weighted by atomic mass is 9.93. The Morgan fingerprint density at radius 3 is 2.17 bits per heavy atom. The molecule has 0 unspecified atom stereocenters. The number of carbonyl (C=O) groups is 2. The molecule has 1 amide bonds. The van der Waals surface area contributed by atoms with Crippen LogP contribution in [0.25, 0.3) is 5.76 Å². The second-order valence-corrected chi connectivity index (χ2v) is 8.48. The molecule has 0 aliphatic carbocycles. The molecule has 1 atom stereocenters. The van der Waals surface area contributed by atoms with Crippen LogP contribution in [0, 0.1) is 6.92 Å². The number of aliphatic hydroxyl groups excluding tert-OH is 1. The first-order chi connectivity index (χ1) is 14.2. The molecule has 1 aliphatic heterocycles. The third-order valence-corrected chi connectivity index (χ3v) is 5.57. The van der Waals surface area contributed by atoms with Crippen molar-refractivity contribution in [1.82, 2.24) is 9.80 Å². The fraction of sp³-hybridized carbons (Fsp3) is 0.360. The lowest BCUT2D eigenvalue weighted by Crippen LogP contribution is -2.35. The van der Waals surface area contributed by atoms with Gasteiger partial charge in [0, 0.05) is 18.7 Å². The van der Waals surface area contributed by atoms with Gasteiger partial charge >= 0.3 is 0 Å². The summed E-state index contributed by atoms with van der Waals surface area (Å²) in [6, 6.07) is 14.7. The van der Waals surface area contributed by atoms with Crippen LogP contribution in [0.3, 0.4) is 0 Å². The largest absolute Gasteiger partial charge is 0.507 e. The molecule has 1 aliphatic rings. The van der Waals surface area contributed by atoms with Gasteiger partial charge in [-0.2, -0.15) is 0 Å². The number of hydrogen-bond acceptors (Lipinski definition) is 4. The topological polar surface area (TPSA) is 60.9 Å². The number of likely N-dealkylation sites (N-methyl/N-ethyl adjacent to an activating group) is 1. The molecule has 1 heterocycles. The van der Waals surface area contributed by atoms with Gasteiger partial charge in [-0.1, -0.05) is 67.9 Å². The number of likely N-dealkylation sites (tertiary alicyclic amines) is 1. The maximum absolute atomic E-state index is 13.0. The Morgan fingerprint density at radius 1 is 1.03 bits per heavy atom. The minimum Gasteiger partial charge on any atom is -0.507 e. The van der Waals surface area contributed by atoms with E-state index in [-0.39, 0.29) is 11.3 Å². The van der Waals surface area contributed by atoms with Crippen molar-refractivity contribution in [1.29, 1.82) is 0 Å². The summed E-state index contributed by atoms with van der Waals surface area (Å²) in [5.74, 6) is -0.946. The molecule has 0 bridgehead atoms. The van der Waals surface area contributed by atoms with E-state index in [9.17, 15) is 14.7 Å². The number of ketones is 1. The number of benzene rings is 2. The lowest BCUT2D eigenvalue weighted by Gasteiger charge is -2.27. The Kier molecular flexibility index (Phi) is 6.42. The van der Waals surface area contributed by atoms with Crippen LogP contribution >= 0.6 is 0 Å². The molecular weight excluding hydrogens is 376 g/mol. The third kappa shape index (κ3) is 4.31. The van der Waals surface area contributed by atoms with Gasteiger partial charge in [0.1, 0.15) is 5.76 Å². The van der Waals surface area contributed by atoms with E-state index in [0.717, 1.165) is 11.1 Å². The maximum atomic E-state index is 13.0. The highest BCUT2D eigenvalue weighted by molar-refractivity contribution is 6.46. The molecule has 1 fully saturated rings. The van der Waals surface area contributed by atoms with Gasteiger partial charge in [-0.25, -0.2) is 0 Å². The summed E-state index contributed by atoms with van der Waals surface area (Å²) in [5.41, 5.74) is 3.75. The zero-order valence-electron chi connectivity index (χ0n) is 18.3. The second-order valence-electron chi connectivity index (χ2n) is 8.48. The Bertz CT molecular complexity index is 957. The van der Waals surface area contributed by atoms with Crippen LogP contribution in [0.1, 0.15) is 48.1 Å². The molecule has 0 saturated carbocycles. The van der Waals surface area contributed by atoms with E-state index in [0.29, 0.717) is 24.6 Å². The van der Waals surface area contributed by atoms with Gasteiger partial charge < -0.3 is 14.9 Å². The van der Waals surface area contributed by atoms with Gasteiger partial charge in [0.25, 0.3) is 11.7 Å². The first kappa shape index (κ1) is 21.8. The summed E-state index contributed by atoms with van der Waals surface area (Å²) < 4.78 is 0. The fourth-order valence-electron chi connectivity index (χ4n) is 3.70. The summed E-state index contributed by atoms with van der Waals surface area (Å²) in [5, 5.41) is 11.0. The molecule has 0 spiro atoms. The number of rotatable bonds is 6. The molecule has 30 heavy (non-hydrogen) atoms. The van der Waals surface area contributed by atoms with Crippen molar-refractivity contribution < 1.29 is 14.7 Å². The van der Waals surface area contributed by atoms with Crippen LogP contribution in [-0.2, 0) is 9.59 Å². The predicted octanol–water partition coefficient (Wildman–Crippen LogP) is 4.10. The Labute approximate surface area is 178 Å². The fourth-order valence-corrected chi connectivity index (χ4v) is 3.70. The first-order valence-corrected chi connectivity index (χ1v) is 10.3. The number of Topliss-reactive ketones (excluding diaryl/α,β-unsaturated/α-hetero) is 1. The van der Waals surface area contributed by atoms with E-state index >= 15 is 0 Å². The van der Waals surface area contributed by atoms with E-state index < -0.39 is 17.7 Å². The highest BCUT2D eigenvalue weighted by Crippen LogP contribution is 2.39. The summed E-state index contributed by atoms with van der Waals surface area (Å²) >= 11 is 0. The van der Waals surface area contributed by atoms with Crippen LogP contribution in [0.2, 0.25) is 0 Å². The van der Waals surface area contributed by atoms with Crippen molar-refractivity contribution in [3.05, 3.63) is 76.4 Å². The van der Waals surface area contributed by atoms with Crippen molar-refractivity contribution in [2.45, 2.75) is 32.7 Å². The number of amides is 1. The molecule has 158 valence electrons. The Balaban J connectivity index is 2.12. The predicted molar refractivity (Wildman–Crippen MR) is 119 cm³/mol. The van der Waals surface area contributed by atoms with Crippen molar-refractivity contribution in [2.24, 2.45) is 0 Å². The Hall–Kier alpha value is -2.92. The number of aryl methyl sites for hydroxylation is 1. The van der Waals surface area contributed by atoms with E-state index in [1.807, 2.05) is 62.3 Å². The minimum absolute atomic E-state index is 0.126. The zero-order valence-corrected chi connectivity index (χ0v) is 18.3. The van der Waals surface area contributed by atoms with Gasteiger partial charge in [0.15, 0.2) is 0 Å². The molecular formula is C25H30N2O3. The maximum Gasteiger partial charge on any atom is 0.295 e. The van der Waals surface area contributed by atoms with E-state index in [1.165, 1.54) is 5.56 Å². The molecule has 2 aromatic carbocycles. The minimum atomic E-state index is -0.634. The standard InChI is InChI=1S/C25H30N2O3/c1-16(2)18-10-12-19(13-11-18)22-21(23(28)20-8-6-17(3)7-9-20)24(29)25(30)27(22)15-14-26(4)5/h6-13,16,22,28H,14-15H2,1-5H3/b23-21+/t22-/m1/s1. The van der Waals surface area contributed by atoms with Gasteiger partial charge in [-0.15, -0.1) is 0 Å². The molecule has 0 radical (unpaired) electrons. The van der Waals surface area contributed by atoms with Crippen LogP contribution in [0.5, 0.6) is 0 Å². The van der Waals surface area contributed by atoms with Crippen LogP contribution in [0.15, 0.2) is 54.1 Å². The van der Waals surface area contributed by atoms with Crippen LogP contribution in [-0.4, -0.2) is 53.8 Å². The molecule has 5 nitrogen and oxygen atoms in total. The summed E-state index contributed by atoms with van der Waals surface area (Å²) in [6.07, 6.45) is 0. The molecule has 5 heteroatoms. The molecule has 1 N–H and O–H groups in total. The van der Waals surface area contributed by atoms with Gasteiger partial charge in [0.05, 0.1) is 11.6 Å². The van der Waals surface area contributed by atoms with Crippen LogP contribution < -0.4 is 0 Å². The van der Waals surface area contributed by atoms with Crippen molar-refractivity contribution in [3.63, 3.8) is 0 Å². The van der Waals surface area contributed by atoms with Crippen LogP contribution in [0.4, 0.5) is 0 Å². The molecule has 2 aromatic rings. The lowest BCUT2D eigenvalue weighted by molar-refractivity contribution is -0.140. The smallest absolute Gasteiger partial charge is 0.295 e. The quantitative estimate of drug-likeness (QED) is 0.446. The summed E-state index contributed by atoms with van der Waals surface area (Å²) in [7, 11) is 3.85. The number of carbonyl (C=O) groups excluding carboxylic acids is 2. The number of nitrogens with zero attached hydrogens (tertiary/aromatic N) is 2. The monoisotopic (exact) mass is 406 g/mol. The van der Waals surface area contributed by atoms with Crippen molar-refractivity contribution >= 4 is 17.4 Å². The van der Waals surface area contributed by atoms with Crippen molar-refractivity contribution in [3.8, 4) is 0 Å². The summed E-state index contributed by atoms with van der Waals surface area (Å²) in [6.45, 7) is 7.22. The zero-order chi connectivity index (χ0) is 22.0. The second kappa shape index (κ2) is 8.84. The highest BCUT2D eigenvalue weighted by Gasteiger charge is 2.45. The van der Waals surface area contributed by atoms with Crippen molar-refractivity contribution in [2.75, 3.05) is 27.2 Å². The number of hydrogen-bond donors (Lipinski definition) is 1. The SMILES string of the molecule is Cc1ccc(/C(O)=C2\C(=O)C(=O)N(CCN(C)C)[C@@H]2c2ccc(C(C)C)cc2)cc1. The third-order valence-electron chi connectivity index (χ3n) is 5.57. The van der Waals surface area contributed by atoms with E-state index in [2.05, 4.69) is 13.8 Å². The average molecular weight is 407 g/mol. The highest BCUT2D eigenvalue weighted by atomic mass is 16.3. The number of aliphatic hydroxyl groups is 1. The average Bonchev–Trinajstić information content (AvgIpc) is 2.97. The van der Waals surface area contributed by atoms with Gasteiger partial charge in [-0.05, 0) is 38.1 Å². The molecule has 0 aromatic heterocycles. The normalized spacial score (nSPS) is 18.6. The summed E-state index contributed by atoms with van der Waals surface area (Å²) in [4.78, 5) is 29.4. The van der Waals surface area contributed by atoms with Gasteiger partial charge in [-0.3, -0.25) is 9.59 Å². The van der Waals surface area contributed by atoms with E-state index in [1.54, 1.807) is 17.0 Å². The molecule has 1 saturated heterocycles. The van der Waals surface area contributed by atoms with E-state index in [4.69, 9.17) is 0 Å². The molecule has 3 rings (SSSR count). The first-order valence-electron chi connectivity index (χ1n) is 10.3.